The third-order valence-corrected chi connectivity index (χ3v) is 4.22. The van der Waals surface area contributed by atoms with Crippen molar-refractivity contribution in [1.82, 2.24) is 25.3 Å². The van der Waals surface area contributed by atoms with E-state index in [4.69, 9.17) is 4.42 Å². The van der Waals surface area contributed by atoms with Crippen LogP contribution in [0.1, 0.15) is 50.1 Å². The lowest BCUT2D eigenvalue weighted by molar-refractivity contribution is -0.122. The van der Waals surface area contributed by atoms with Crippen LogP contribution in [-0.2, 0) is 18.3 Å². The molecule has 2 aromatic heterocycles. The topological polar surface area (TPSA) is 85.8 Å². The van der Waals surface area contributed by atoms with Crippen molar-refractivity contribution in [2.45, 2.75) is 57.9 Å². The molecule has 7 heteroatoms. The van der Waals surface area contributed by atoms with Crippen LogP contribution in [0.5, 0.6) is 0 Å². The van der Waals surface area contributed by atoms with E-state index in [9.17, 15) is 4.79 Å². The second-order valence-electron chi connectivity index (χ2n) is 6.20. The highest BCUT2D eigenvalue weighted by Gasteiger charge is 2.17. The Morgan fingerprint density at radius 3 is 2.83 bits per heavy atom. The van der Waals surface area contributed by atoms with Crippen LogP contribution in [0.25, 0.3) is 11.6 Å². The van der Waals surface area contributed by atoms with Gasteiger partial charge in [0.25, 0.3) is 5.89 Å². The molecule has 0 aliphatic heterocycles. The minimum atomic E-state index is 0.0630. The first-order valence-corrected chi connectivity index (χ1v) is 8.24. The molecule has 0 bridgehead atoms. The van der Waals surface area contributed by atoms with Crippen LogP contribution in [0, 0.1) is 6.92 Å². The molecule has 1 aliphatic carbocycles. The maximum atomic E-state index is 12.0. The number of hydrogen-bond acceptors (Lipinski definition) is 5. The lowest BCUT2D eigenvalue weighted by Crippen LogP contribution is -2.36. The summed E-state index contributed by atoms with van der Waals surface area (Å²) in [5.74, 6) is 0.987. The van der Waals surface area contributed by atoms with E-state index in [1.807, 2.05) is 20.0 Å². The molecule has 1 N–H and O–H groups in total. The third-order valence-electron chi connectivity index (χ3n) is 4.22. The number of amides is 1. The van der Waals surface area contributed by atoms with Gasteiger partial charge in [-0.3, -0.25) is 9.48 Å². The van der Waals surface area contributed by atoms with Crippen LogP contribution in [0.2, 0.25) is 0 Å². The van der Waals surface area contributed by atoms with Gasteiger partial charge in [0.1, 0.15) is 5.69 Å². The molecule has 7 nitrogen and oxygen atoms in total. The van der Waals surface area contributed by atoms with Crippen LogP contribution < -0.4 is 5.32 Å². The molecule has 0 aromatic carbocycles. The molecule has 1 amide bonds. The van der Waals surface area contributed by atoms with Crippen molar-refractivity contribution < 1.29 is 9.21 Å². The average molecular weight is 317 g/mol. The summed E-state index contributed by atoms with van der Waals surface area (Å²) in [4.78, 5) is 12.0. The van der Waals surface area contributed by atoms with Gasteiger partial charge in [-0.15, -0.1) is 10.2 Å². The summed E-state index contributed by atoms with van der Waals surface area (Å²) >= 11 is 0. The normalized spacial score (nSPS) is 15.7. The fourth-order valence-corrected chi connectivity index (χ4v) is 3.04. The minimum absolute atomic E-state index is 0.0630. The SMILES string of the molecule is Cc1cc(-c2nnc(CCC(=O)NC3CCCCC3)o2)n(C)n1. The molecule has 0 atom stereocenters. The van der Waals surface area contributed by atoms with Crippen LogP contribution in [0.15, 0.2) is 10.5 Å². The molecule has 2 aromatic rings. The van der Waals surface area contributed by atoms with E-state index < -0.39 is 0 Å². The van der Waals surface area contributed by atoms with Crippen molar-refractivity contribution in [1.29, 1.82) is 0 Å². The number of hydrogen-bond donors (Lipinski definition) is 1. The van der Waals surface area contributed by atoms with Crippen molar-refractivity contribution in [2.75, 3.05) is 0 Å². The molecule has 3 rings (SSSR count). The van der Waals surface area contributed by atoms with Crippen molar-refractivity contribution in [3.05, 3.63) is 17.7 Å². The van der Waals surface area contributed by atoms with Crippen molar-refractivity contribution in [3.8, 4) is 11.6 Å². The lowest BCUT2D eigenvalue weighted by atomic mass is 9.95. The molecule has 0 saturated heterocycles. The summed E-state index contributed by atoms with van der Waals surface area (Å²) in [5.41, 5.74) is 1.68. The highest BCUT2D eigenvalue weighted by Crippen LogP contribution is 2.19. The second kappa shape index (κ2) is 6.93. The molecule has 0 radical (unpaired) electrons. The molecule has 124 valence electrons. The minimum Gasteiger partial charge on any atom is -0.419 e. The summed E-state index contributed by atoms with van der Waals surface area (Å²) in [6.45, 7) is 1.91. The summed E-state index contributed by atoms with van der Waals surface area (Å²) in [6, 6.07) is 2.24. The van der Waals surface area contributed by atoms with Gasteiger partial charge >= 0.3 is 0 Å². The van der Waals surface area contributed by atoms with Gasteiger partial charge in [0, 0.05) is 25.9 Å². The number of nitrogens with one attached hydrogen (secondary N) is 1. The largest absolute Gasteiger partial charge is 0.419 e. The summed E-state index contributed by atoms with van der Waals surface area (Å²) in [7, 11) is 1.84. The Morgan fingerprint density at radius 2 is 2.13 bits per heavy atom. The van der Waals surface area contributed by atoms with E-state index in [1.54, 1.807) is 4.68 Å². The Morgan fingerprint density at radius 1 is 1.35 bits per heavy atom. The first kappa shape index (κ1) is 15.7. The Kier molecular flexibility index (Phi) is 4.73. The van der Waals surface area contributed by atoms with E-state index in [0.29, 0.717) is 30.7 Å². The fraction of sp³-hybridized carbons (Fsp3) is 0.625. The Hall–Kier alpha value is -2.18. The molecule has 0 unspecified atom stereocenters. The van der Waals surface area contributed by atoms with Gasteiger partial charge in [0.15, 0.2) is 0 Å². The van der Waals surface area contributed by atoms with Crippen LogP contribution in [0.4, 0.5) is 0 Å². The predicted molar refractivity (Wildman–Crippen MR) is 84.6 cm³/mol. The van der Waals surface area contributed by atoms with Crippen LogP contribution in [-0.4, -0.2) is 31.9 Å². The van der Waals surface area contributed by atoms with Gasteiger partial charge in [-0.1, -0.05) is 19.3 Å². The molecule has 1 saturated carbocycles. The Bertz CT molecular complexity index is 670. The van der Waals surface area contributed by atoms with Crippen molar-refractivity contribution in [3.63, 3.8) is 0 Å². The van der Waals surface area contributed by atoms with Gasteiger partial charge in [-0.2, -0.15) is 5.10 Å². The highest BCUT2D eigenvalue weighted by molar-refractivity contribution is 5.76. The van der Waals surface area contributed by atoms with Gasteiger partial charge in [-0.05, 0) is 25.8 Å². The zero-order valence-electron chi connectivity index (χ0n) is 13.7. The highest BCUT2D eigenvalue weighted by atomic mass is 16.4. The van der Waals surface area contributed by atoms with Crippen molar-refractivity contribution in [2.24, 2.45) is 7.05 Å². The fourth-order valence-electron chi connectivity index (χ4n) is 3.04. The predicted octanol–water partition coefficient (Wildman–Crippen LogP) is 2.16. The Labute approximate surface area is 135 Å². The summed E-state index contributed by atoms with van der Waals surface area (Å²) in [6.07, 6.45) is 6.73. The van der Waals surface area contributed by atoms with Gasteiger partial charge in [0.2, 0.25) is 11.8 Å². The maximum absolute atomic E-state index is 12.0. The molecule has 1 aliphatic rings. The molecule has 2 heterocycles. The standard InChI is InChI=1S/C16H23N5O2/c1-11-10-13(21(2)20-11)16-19-18-15(23-16)9-8-14(22)17-12-6-4-3-5-7-12/h10,12H,3-9H2,1-2H3,(H,17,22). The van der Waals surface area contributed by atoms with E-state index >= 15 is 0 Å². The van der Waals surface area contributed by atoms with Crippen molar-refractivity contribution >= 4 is 5.91 Å². The van der Waals surface area contributed by atoms with Gasteiger partial charge < -0.3 is 9.73 Å². The van der Waals surface area contributed by atoms with Gasteiger partial charge in [-0.25, -0.2) is 0 Å². The zero-order chi connectivity index (χ0) is 16.2. The number of carbonyl (C=O) groups is 1. The first-order chi connectivity index (χ1) is 11.1. The molecular formula is C16H23N5O2. The van der Waals surface area contributed by atoms with Crippen LogP contribution >= 0.6 is 0 Å². The van der Waals surface area contributed by atoms with Crippen LogP contribution in [0.3, 0.4) is 0 Å². The van der Waals surface area contributed by atoms with E-state index in [-0.39, 0.29) is 5.91 Å². The zero-order valence-corrected chi connectivity index (χ0v) is 13.7. The molecule has 0 spiro atoms. The average Bonchev–Trinajstić information content (AvgIpc) is 3.12. The van der Waals surface area contributed by atoms with E-state index in [0.717, 1.165) is 24.2 Å². The number of aromatic nitrogens is 4. The lowest BCUT2D eigenvalue weighted by Gasteiger charge is -2.22. The number of carbonyl (C=O) groups excluding carboxylic acids is 1. The first-order valence-electron chi connectivity index (χ1n) is 8.24. The monoisotopic (exact) mass is 317 g/mol. The molecular weight excluding hydrogens is 294 g/mol. The van der Waals surface area contributed by atoms with E-state index in [1.165, 1.54) is 19.3 Å². The number of nitrogens with zero attached hydrogens (tertiary/aromatic N) is 4. The smallest absolute Gasteiger partial charge is 0.265 e. The van der Waals surface area contributed by atoms with Gasteiger partial charge in [0.05, 0.1) is 5.69 Å². The van der Waals surface area contributed by atoms with E-state index in [2.05, 4.69) is 20.6 Å². The molecule has 1 fully saturated rings. The quantitative estimate of drug-likeness (QED) is 0.913. The second-order valence-corrected chi connectivity index (χ2v) is 6.20. The summed E-state index contributed by atoms with van der Waals surface area (Å²) < 4.78 is 7.35. The maximum Gasteiger partial charge on any atom is 0.265 e. The summed E-state index contributed by atoms with van der Waals surface area (Å²) in [5, 5.41) is 15.4. The Balaban J connectivity index is 1.53. The third kappa shape index (κ3) is 3.97. The number of rotatable bonds is 5. The number of aryl methyl sites for hydroxylation is 3. The molecule has 23 heavy (non-hydrogen) atoms.